The zero-order chi connectivity index (χ0) is 18.7. The van der Waals surface area contributed by atoms with Crippen molar-refractivity contribution in [3.05, 3.63) is 29.6 Å². The average molecular weight is 349 g/mol. The van der Waals surface area contributed by atoms with Crippen LogP contribution in [0.2, 0.25) is 0 Å². The number of carbonyl (C=O) groups is 1. The molecule has 1 aromatic rings. The second kappa shape index (κ2) is 10.5. The third-order valence-electron chi connectivity index (χ3n) is 3.22. The number of nitrogens with one attached hydrogen (secondary N) is 3. The summed E-state index contributed by atoms with van der Waals surface area (Å²) in [7, 11) is 0. The first-order chi connectivity index (χ1) is 11.8. The summed E-state index contributed by atoms with van der Waals surface area (Å²) in [6.45, 7) is 12.1. The number of aryl methyl sites for hydroxylation is 1. The third kappa shape index (κ3) is 9.54. The van der Waals surface area contributed by atoms with Crippen LogP contribution < -0.4 is 16.0 Å². The van der Waals surface area contributed by atoms with Crippen molar-refractivity contribution >= 4 is 12.1 Å². The van der Waals surface area contributed by atoms with Crippen molar-refractivity contribution in [2.75, 3.05) is 26.2 Å². The summed E-state index contributed by atoms with van der Waals surface area (Å²) >= 11 is 0. The largest absolute Gasteiger partial charge is 0.444 e. The van der Waals surface area contributed by atoms with E-state index in [1.807, 2.05) is 40.0 Å². The van der Waals surface area contributed by atoms with Crippen LogP contribution in [0.25, 0.3) is 0 Å². The molecule has 7 nitrogen and oxygen atoms in total. The van der Waals surface area contributed by atoms with Crippen LogP contribution in [0.1, 0.15) is 38.8 Å². The minimum atomic E-state index is -0.487. The Morgan fingerprint density at radius 1 is 1.24 bits per heavy atom. The number of hydrogen-bond acceptors (Lipinski definition) is 4. The highest BCUT2D eigenvalue weighted by Crippen LogP contribution is 2.06. The van der Waals surface area contributed by atoms with Gasteiger partial charge in [0.15, 0.2) is 5.96 Å². The van der Waals surface area contributed by atoms with Crippen LogP contribution >= 0.6 is 0 Å². The lowest BCUT2D eigenvalue weighted by molar-refractivity contribution is 0.0529. The van der Waals surface area contributed by atoms with Gasteiger partial charge in [-0.15, -0.1) is 0 Å². The van der Waals surface area contributed by atoms with E-state index in [-0.39, 0.29) is 0 Å². The van der Waals surface area contributed by atoms with E-state index in [0.717, 1.165) is 18.9 Å². The predicted octanol–water partition coefficient (Wildman–Crippen LogP) is 2.01. The van der Waals surface area contributed by atoms with Gasteiger partial charge in [0.2, 0.25) is 0 Å². The van der Waals surface area contributed by atoms with Crippen molar-refractivity contribution in [1.29, 1.82) is 0 Å². The molecule has 1 amide bonds. The Morgan fingerprint density at radius 2 is 1.96 bits per heavy atom. The molecule has 0 radical (unpaired) electrons. The van der Waals surface area contributed by atoms with E-state index in [4.69, 9.17) is 4.74 Å². The Bertz CT molecular complexity index is 567. The fourth-order valence-electron chi connectivity index (χ4n) is 2.07. The zero-order valence-electron chi connectivity index (χ0n) is 16.0. The summed E-state index contributed by atoms with van der Waals surface area (Å²) in [5.74, 6) is 0.736. The van der Waals surface area contributed by atoms with Crippen LogP contribution in [-0.4, -0.2) is 48.8 Å². The highest BCUT2D eigenvalue weighted by Gasteiger charge is 2.15. The Morgan fingerprint density at radius 3 is 2.60 bits per heavy atom. The molecule has 3 N–H and O–H groups in total. The average Bonchev–Trinajstić information content (AvgIpc) is 2.51. The SMILES string of the molecule is CCNC(=NCCc1ccncc1C)NCCNC(=O)OC(C)(C)C. The van der Waals surface area contributed by atoms with Crippen LogP contribution in [0.3, 0.4) is 0 Å². The van der Waals surface area contributed by atoms with Gasteiger partial charge in [-0.2, -0.15) is 0 Å². The molecular formula is C18H31N5O2. The van der Waals surface area contributed by atoms with Gasteiger partial charge in [-0.3, -0.25) is 9.98 Å². The lowest BCUT2D eigenvalue weighted by Gasteiger charge is -2.19. The number of aliphatic imine (C=N–C) groups is 1. The molecule has 0 aromatic carbocycles. The molecular weight excluding hydrogens is 318 g/mol. The number of pyridine rings is 1. The number of rotatable bonds is 7. The number of aromatic nitrogens is 1. The Labute approximate surface area is 150 Å². The van der Waals surface area contributed by atoms with E-state index in [1.165, 1.54) is 11.1 Å². The summed E-state index contributed by atoms with van der Waals surface area (Å²) < 4.78 is 5.19. The molecule has 140 valence electrons. The fraction of sp³-hybridized carbons (Fsp3) is 0.611. The molecule has 0 spiro atoms. The quantitative estimate of drug-likeness (QED) is 0.398. The van der Waals surface area contributed by atoms with Gasteiger partial charge < -0.3 is 20.7 Å². The van der Waals surface area contributed by atoms with Gasteiger partial charge in [-0.05, 0) is 58.2 Å². The van der Waals surface area contributed by atoms with Crippen LogP contribution in [0.4, 0.5) is 4.79 Å². The summed E-state index contributed by atoms with van der Waals surface area (Å²) in [6, 6.07) is 2.02. The van der Waals surface area contributed by atoms with Gasteiger partial charge in [0.05, 0.1) is 0 Å². The smallest absolute Gasteiger partial charge is 0.407 e. The molecule has 1 aromatic heterocycles. The number of amides is 1. The van der Waals surface area contributed by atoms with Crippen molar-refractivity contribution in [3.63, 3.8) is 0 Å². The summed E-state index contributed by atoms with van der Waals surface area (Å²) in [5, 5.41) is 9.10. The highest BCUT2D eigenvalue weighted by atomic mass is 16.6. The van der Waals surface area contributed by atoms with Crippen LogP contribution in [0, 0.1) is 6.92 Å². The molecule has 0 fully saturated rings. The monoisotopic (exact) mass is 349 g/mol. The Hall–Kier alpha value is -2.31. The molecule has 0 saturated heterocycles. The zero-order valence-corrected chi connectivity index (χ0v) is 16.0. The highest BCUT2D eigenvalue weighted by molar-refractivity contribution is 5.79. The first-order valence-corrected chi connectivity index (χ1v) is 8.70. The van der Waals surface area contributed by atoms with Crippen molar-refractivity contribution in [1.82, 2.24) is 20.9 Å². The topological polar surface area (TPSA) is 87.6 Å². The molecule has 1 heterocycles. The lowest BCUT2D eigenvalue weighted by Crippen LogP contribution is -2.42. The maximum atomic E-state index is 11.6. The van der Waals surface area contributed by atoms with Gasteiger partial charge in [-0.25, -0.2) is 4.79 Å². The molecule has 25 heavy (non-hydrogen) atoms. The molecule has 0 atom stereocenters. The number of ether oxygens (including phenoxy) is 1. The first-order valence-electron chi connectivity index (χ1n) is 8.70. The van der Waals surface area contributed by atoms with Crippen molar-refractivity contribution in [3.8, 4) is 0 Å². The van der Waals surface area contributed by atoms with Crippen LogP contribution in [0.5, 0.6) is 0 Å². The van der Waals surface area contributed by atoms with Gasteiger partial charge in [0, 0.05) is 38.6 Å². The first kappa shape index (κ1) is 20.7. The van der Waals surface area contributed by atoms with Crippen molar-refractivity contribution in [2.45, 2.75) is 46.6 Å². The minimum absolute atomic E-state index is 0.413. The predicted molar refractivity (Wildman–Crippen MR) is 101 cm³/mol. The Kier molecular flexibility index (Phi) is 8.74. The van der Waals surface area contributed by atoms with Crippen LogP contribution in [-0.2, 0) is 11.2 Å². The molecule has 0 aliphatic rings. The van der Waals surface area contributed by atoms with Gasteiger partial charge in [-0.1, -0.05) is 0 Å². The summed E-state index contributed by atoms with van der Waals surface area (Å²) in [6.07, 6.45) is 4.12. The van der Waals surface area contributed by atoms with E-state index in [2.05, 4.69) is 32.9 Å². The fourth-order valence-corrected chi connectivity index (χ4v) is 2.07. The summed E-state index contributed by atoms with van der Waals surface area (Å²) in [5.41, 5.74) is 1.94. The molecule has 0 saturated carbocycles. The molecule has 1 rings (SSSR count). The number of nitrogens with zero attached hydrogens (tertiary/aromatic N) is 2. The normalized spacial score (nSPS) is 11.8. The van der Waals surface area contributed by atoms with E-state index in [1.54, 1.807) is 6.20 Å². The standard InChI is InChI=1S/C18H31N5O2/c1-6-20-16(21-10-8-15-7-9-19-13-14(15)2)22-11-12-23-17(24)25-18(3,4)5/h7,9,13H,6,8,10-12H2,1-5H3,(H,23,24)(H2,20,21,22). The van der Waals surface area contributed by atoms with E-state index >= 15 is 0 Å². The molecule has 0 bridgehead atoms. The molecule has 0 aliphatic heterocycles. The van der Waals surface area contributed by atoms with Crippen molar-refractivity contribution < 1.29 is 9.53 Å². The van der Waals surface area contributed by atoms with E-state index < -0.39 is 11.7 Å². The maximum absolute atomic E-state index is 11.6. The second-order valence-corrected chi connectivity index (χ2v) is 6.67. The number of guanidine groups is 1. The van der Waals surface area contributed by atoms with Gasteiger partial charge in [0.1, 0.15) is 5.60 Å². The lowest BCUT2D eigenvalue weighted by atomic mass is 10.1. The van der Waals surface area contributed by atoms with E-state index in [0.29, 0.717) is 19.6 Å². The number of hydrogen-bond donors (Lipinski definition) is 3. The number of alkyl carbamates (subject to hydrolysis) is 1. The molecule has 7 heteroatoms. The third-order valence-corrected chi connectivity index (χ3v) is 3.22. The van der Waals surface area contributed by atoms with Crippen molar-refractivity contribution in [2.24, 2.45) is 4.99 Å². The van der Waals surface area contributed by atoms with Gasteiger partial charge in [0.25, 0.3) is 0 Å². The summed E-state index contributed by atoms with van der Waals surface area (Å²) in [4.78, 5) is 20.2. The number of carbonyl (C=O) groups excluding carboxylic acids is 1. The minimum Gasteiger partial charge on any atom is -0.444 e. The maximum Gasteiger partial charge on any atom is 0.407 e. The molecule has 0 unspecified atom stereocenters. The van der Waals surface area contributed by atoms with Gasteiger partial charge >= 0.3 is 6.09 Å². The Balaban J connectivity index is 2.36. The molecule has 0 aliphatic carbocycles. The second-order valence-electron chi connectivity index (χ2n) is 6.67. The van der Waals surface area contributed by atoms with Crippen LogP contribution in [0.15, 0.2) is 23.5 Å². The van der Waals surface area contributed by atoms with E-state index in [9.17, 15) is 4.79 Å².